The first-order valence-corrected chi connectivity index (χ1v) is 6.84. The van der Waals surface area contributed by atoms with Gasteiger partial charge in [0.2, 0.25) is 0 Å². The number of carboxylic acid groups (broad SMARTS) is 1. The summed E-state index contributed by atoms with van der Waals surface area (Å²) in [5.74, 6) is 0. The molecule has 0 spiro atoms. The summed E-state index contributed by atoms with van der Waals surface area (Å²) in [6, 6.07) is 9.59. The minimum absolute atomic E-state index is 0.646. The van der Waals surface area contributed by atoms with Gasteiger partial charge in [-0.1, -0.05) is 50.1 Å². The van der Waals surface area contributed by atoms with Gasteiger partial charge >= 0.3 is 5.71 Å². The van der Waals surface area contributed by atoms with Crippen LogP contribution in [0.3, 0.4) is 0 Å². The predicted octanol–water partition coefficient (Wildman–Crippen LogP) is 3.66. The van der Waals surface area contributed by atoms with Crippen LogP contribution < -0.4 is 5.30 Å². The maximum Gasteiger partial charge on any atom is 0.328 e. The Balaban J connectivity index is 2.62. The standard InChI is InChI=1S/C12H17O2P/c1-2-3-7-10-15(12(13)14)11-8-5-4-6-9-11/h4-6,8-9H,2-3,7,10H2,1H3,(H,13,14). The summed E-state index contributed by atoms with van der Waals surface area (Å²) in [7, 11) is -1.01. The number of benzene rings is 1. The van der Waals surface area contributed by atoms with Gasteiger partial charge in [-0.2, -0.15) is 0 Å². The zero-order valence-electron chi connectivity index (χ0n) is 9.02. The summed E-state index contributed by atoms with van der Waals surface area (Å²) in [6.45, 7) is 2.13. The Morgan fingerprint density at radius 2 is 1.93 bits per heavy atom. The largest absolute Gasteiger partial charge is 0.478 e. The highest BCUT2D eigenvalue weighted by atomic mass is 31.1. The Labute approximate surface area is 92.1 Å². The lowest BCUT2D eigenvalue weighted by molar-refractivity contribution is 0.221. The summed E-state index contributed by atoms with van der Waals surface area (Å²) in [5.41, 5.74) is -0.646. The van der Waals surface area contributed by atoms with E-state index in [1.807, 2.05) is 30.3 Å². The molecule has 1 unspecified atom stereocenters. The van der Waals surface area contributed by atoms with Crippen LogP contribution in [0.5, 0.6) is 0 Å². The number of rotatable bonds is 6. The normalized spacial score (nSPS) is 12.3. The third-order valence-electron chi connectivity index (χ3n) is 2.28. The highest BCUT2D eigenvalue weighted by molar-refractivity contribution is 7.80. The lowest BCUT2D eigenvalue weighted by atomic mass is 10.3. The Kier molecular flexibility index (Phi) is 5.34. The number of hydrogen-bond acceptors (Lipinski definition) is 1. The van der Waals surface area contributed by atoms with Crippen molar-refractivity contribution in [3.63, 3.8) is 0 Å². The molecule has 0 amide bonds. The van der Waals surface area contributed by atoms with Gasteiger partial charge in [0.05, 0.1) is 0 Å². The smallest absolute Gasteiger partial charge is 0.328 e. The van der Waals surface area contributed by atoms with E-state index in [0.717, 1.165) is 30.7 Å². The van der Waals surface area contributed by atoms with Crippen LogP contribution in [0.4, 0.5) is 4.79 Å². The first-order chi connectivity index (χ1) is 7.25. The quantitative estimate of drug-likeness (QED) is 0.591. The zero-order valence-corrected chi connectivity index (χ0v) is 9.91. The third-order valence-corrected chi connectivity index (χ3v) is 4.43. The molecule has 82 valence electrons. The molecule has 0 aliphatic rings. The van der Waals surface area contributed by atoms with E-state index in [-0.39, 0.29) is 0 Å². The molecular weight excluding hydrogens is 207 g/mol. The molecule has 15 heavy (non-hydrogen) atoms. The molecule has 1 atom stereocenters. The molecule has 2 nitrogen and oxygen atoms in total. The van der Waals surface area contributed by atoms with E-state index in [4.69, 9.17) is 5.11 Å². The maximum absolute atomic E-state index is 11.1. The first kappa shape index (κ1) is 12.2. The Hall–Kier alpha value is -0.880. The fourth-order valence-electron chi connectivity index (χ4n) is 1.46. The van der Waals surface area contributed by atoms with E-state index in [1.165, 1.54) is 0 Å². The van der Waals surface area contributed by atoms with Crippen LogP contribution in [0, 0.1) is 0 Å². The molecule has 0 aliphatic carbocycles. The molecule has 0 saturated heterocycles. The number of carbonyl (C=O) groups is 1. The van der Waals surface area contributed by atoms with Crippen LogP contribution in [-0.4, -0.2) is 17.0 Å². The summed E-state index contributed by atoms with van der Waals surface area (Å²) >= 11 is 0. The Morgan fingerprint density at radius 3 is 2.47 bits per heavy atom. The SMILES string of the molecule is CCCCCP(C(=O)O)c1ccccc1. The molecule has 0 fully saturated rings. The molecule has 1 N–H and O–H groups in total. The van der Waals surface area contributed by atoms with Crippen molar-refractivity contribution in [2.24, 2.45) is 0 Å². The summed E-state index contributed by atoms with van der Waals surface area (Å²) in [5, 5.41) is 10.1. The van der Waals surface area contributed by atoms with Gasteiger partial charge in [-0.15, -0.1) is 0 Å². The van der Waals surface area contributed by atoms with Crippen LogP contribution >= 0.6 is 7.92 Å². The second-order valence-corrected chi connectivity index (χ2v) is 5.68. The maximum atomic E-state index is 11.1. The molecule has 0 aliphatic heterocycles. The van der Waals surface area contributed by atoms with E-state index in [2.05, 4.69) is 6.92 Å². The average molecular weight is 224 g/mol. The Morgan fingerprint density at radius 1 is 1.27 bits per heavy atom. The number of unbranched alkanes of at least 4 members (excludes halogenated alkanes) is 2. The fourth-order valence-corrected chi connectivity index (χ4v) is 3.21. The van der Waals surface area contributed by atoms with Crippen molar-refractivity contribution in [2.45, 2.75) is 26.2 Å². The molecule has 0 saturated carbocycles. The number of hydrogen-bond donors (Lipinski definition) is 1. The second kappa shape index (κ2) is 6.58. The molecule has 1 aromatic carbocycles. The molecule has 0 aromatic heterocycles. The van der Waals surface area contributed by atoms with Crippen molar-refractivity contribution in [3.05, 3.63) is 30.3 Å². The van der Waals surface area contributed by atoms with E-state index < -0.39 is 13.6 Å². The van der Waals surface area contributed by atoms with Crippen molar-refractivity contribution in [3.8, 4) is 0 Å². The van der Waals surface area contributed by atoms with Gasteiger partial charge in [0.25, 0.3) is 0 Å². The molecule has 0 heterocycles. The van der Waals surface area contributed by atoms with Gasteiger partial charge in [0, 0.05) is 7.92 Å². The molecule has 1 aromatic rings. The molecule has 3 heteroatoms. The Bertz CT molecular complexity index is 298. The fraction of sp³-hybridized carbons (Fsp3) is 0.417. The minimum Gasteiger partial charge on any atom is -0.478 e. The summed E-state index contributed by atoms with van der Waals surface area (Å²) in [4.78, 5) is 11.1. The highest BCUT2D eigenvalue weighted by Gasteiger charge is 2.17. The van der Waals surface area contributed by atoms with E-state index in [1.54, 1.807) is 0 Å². The van der Waals surface area contributed by atoms with Crippen LogP contribution in [0.1, 0.15) is 26.2 Å². The summed E-state index contributed by atoms with van der Waals surface area (Å²) < 4.78 is 0. The molecular formula is C12H17O2P. The predicted molar refractivity (Wildman–Crippen MR) is 65.4 cm³/mol. The van der Waals surface area contributed by atoms with Crippen LogP contribution in [0.15, 0.2) is 30.3 Å². The molecule has 1 rings (SSSR count). The summed E-state index contributed by atoms with van der Waals surface area (Å²) in [6.07, 6.45) is 4.09. The first-order valence-electron chi connectivity index (χ1n) is 5.31. The zero-order chi connectivity index (χ0) is 11.1. The van der Waals surface area contributed by atoms with Crippen molar-refractivity contribution in [1.29, 1.82) is 0 Å². The van der Waals surface area contributed by atoms with Crippen molar-refractivity contribution < 1.29 is 9.90 Å². The monoisotopic (exact) mass is 224 g/mol. The van der Waals surface area contributed by atoms with E-state index >= 15 is 0 Å². The molecule has 0 bridgehead atoms. The topological polar surface area (TPSA) is 37.3 Å². The van der Waals surface area contributed by atoms with Gasteiger partial charge in [-0.05, 0) is 17.9 Å². The second-order valence-electron chi connectivity index (χ2n) is 3.48. The van der Waals surface area contributed by atoms with Crippen LogP contribution in [0.2, 0.25) is 0 Å². The van der Waals surface area contributed by atoms with Crippen molar-refractivity contribution in [1.82, 2.24) is 0 Å². The van der Waals surface area contributed by atoms with E-state index in [9.17, 15) is 4.79 Å². The van der Waals surface area contributed by atoms with Crippen LogP contribution in [0.25, 0.3) is 0 Å². The third kappa shape index (κ3) is 4.01. The van der Waals surface area contributed by atoms with Crippen molar-refractivity contribution >= 4 is 18.9 Å². The van der Waals surface area contributed by atoms with Crippen molar-refractivity contribution in [2.75, 3.05) is 6.16 Å². The van der Waals surface area contributed by atoms with Crippen LogP contribution in [-0.2, 0) is 0 Å². The highest BCUT2D eigenvalue weighted by Crippen LogP contribution is 2.36. The minimum atomic E-state index is -1.01. The van der Waals surface area contributed by atoms with E-state index in [0.29, 0.717) is 0 Å². The van der Waals surface area contributed by atoms with Gasteiger partial charge < -0.3 is 5.11 Å². The van der Waals surface area contributed by atoms with Gasteiger partial charge in [-0.3, -0.25) is 0 Å². The average Bonchev–Trinajstić information content (AvgIpc) is 2.25. The lowest BCUT2D eigenvalue weighted by Gasteiger charge is -2.12. The van der Waals surface area contributed by atoms with Gasteiger partial charge in [-0.25, -0.2) is 4.79 Å². The lowest BCUT2D eigenvalue weighted by Crippen LogP contribution is -2.09. The van der Waals surface area contributed by atoms with Gasteiger partial charge in [0.15, 0.2) is 0 Å². The van der Waals surface area contributed by atoms with Gasteiger partial charge in [0.1, 0.15) is 0 Å². The molecule has 0 radical (unpaired) electrons.